The lowest BCUT2D eigenvalue weighted by Crippen LogP contribution is -1.91. The molecule has 1 aromatic carbocycles. The second kappa shape index (κ2) is 4.41. The van der Waals surface area contributed by atoms with Crippen molar-refractivity contribution in [2.45, 2.75) is 6.92 Å². The second-order valence-electron chi connectivity index (χ2n) is 3.16. The molecule has 2 nitrogen and oxygen atoms in total. The number of nitrogens with zero attached hydrogens (tertiary/aromatic N) is 2. The molecular weight excluding hydrogens is 320 g/mol. The van der Waals surface area contributed by atoms with Crippen molar-refractivity contribution in [3.63, 3.8) is 0 Å². The smallest absolute Gasteiger partial charge is 0.160 e. The van der Waals surface area contributed by atoms with Crippen molar-refractivity contribution in [2.24, 2.45) is 0 Å². The van der Waals surface area contributed by atoms with Crippen LogP contribution in [0.1, 0.15) is 5.69 Å². The van der Waals surface area contributed by atoms with Gasteiger partial charge in [0.2, 0.25) is 0 Å². The average molecular weight is 328 g/mol. The summed E-state index contributed by atoms with van der Waals surface area (Å²) >= 11 is 6.76. The normalized spacial score (nSPS) is 10.3. The summed E-state index contributed by atoms with van der Waals surface area (Å²) in [6.07, 6.45) is 0. The number of aromatic nitrogens is 2. The van der Waals surface area contributed by atoms with E-state index >= 15 is 0 Å². The van der Waals surface area contributed by atoms with Gasteiger partial charge in [-0.2, -0.15) is 0 Å². The van der Waals surface area contributed by atoms with Gasteiger partial charge in [0.1, 0.15) is 4.60 Å². The largest absolute Gasteiger partial charge is 0.233 e. The second-order valence-corrected chi connectivity index (χ2v) is 4.89. The van der Waals surface area contributed by atoms with Gasteiger partial charge in [-0.3, -0.25) is 0 Å². The van der Waals surface area contributed by atoms with Crippen molar-refractivity contribution in [3.05, 3.63) is 45.1 Å². The summed E-state index contributed by atoms with van der Waals surface area (Å²) in [7, 11) is 0. The predicted octanol–water partition coefficient (Wildman–Crippen LogP) is 3.98. The van der Waals surface area contributed by atoms with Gasteiger partial charge in [-0.15, -0.1) is 0 Å². The van der Waals surface area contributed by atoms with Crippen LogP contribution in [0.25, 0.3) is 11.4 Å². The quantitative estimate of drug-likeness (QED) is 0.740. The Hall–Kier alpha value is -0.740. The molecule has 0 aliphatic carbocycles. The Morgan fingerprint density at radius 3 is 2.27 bits per heavy atom. The van der Waals surface area contributed by atoms with E-state index in [1.54, 1.807) is 0 Å². The highest BCUT2D eigenvalue weighted by Crippen LogP contribution is 2.20. The first-order chi connectivity index (χ1) is 7.15. The minimum absolute atomic E-state index is 0.745. The van der Waals surface area contributed by atoms with Crippen molar-refractivity contribution >= 4 is 31.9 Å². The van der Waals surface area contributed by atoms with Gasteiger partial charge in [-0.05, 0) is 41.1 Å². The van der Waals surface area contributed by atoms with E-state index in [1.165, 1.54) is 0 Å². The van der Waals surface area contributed by atoms with Gasteiger partial charge in [-0.25, -0.2) is 9.97 Å². The Labute approximate surface area is 105 Å². The third-order valence-corrected chi connectivity index (χ3v) is 2.86. The zero-order valence-electron chi connectivity index (χ0n) is 8.04. The SMILES string of the molecule is Cc1cc(Br)nc(-c2ccc(Br)cc2)n1. The third-order valence-electron chi connectivity index (χ3n) is 1.93. The number of hydrogen-bond donors (Lipinski definition) is 0. The number of halogens is 2. The molecule has 0 spiro atoms. The van der Waals surface area contributed by atoms with E-state index in [4.69, 9.17) is 0 Å². The fourth-order valence-corrected chi connectivity index (χ4v) is 2.02. The predicted molar refractivity (Wildman–Crippen MR) is 67.6 cm³/mol. The molecule has 0 N–H and O–H groups in total. The summed E-state index contributed by atoms with van der Waals surface area (Å²) in [5.74, 6) is 0.745. The molecule has 0 aliphatic rings. The molecule has 0 aliphatic heterocycles. The standard InChI is InChI=1S/C11H8Br2N2/c1-7-6-10(13)15-11(14-7)8-2-4-9(12)5-3-8/h2-6H,1H3. The van der Waals surface area contributed by atoms with Crippen LogP contribution < -0.4 is 0 Å². The van der Waals surface area contributed by atoms with Crippen LogP contribution >= 0.6 is 31.9 Å². The average Bonchev–Trinajstić information content (AvgIpc) is 2.17. The van der Waals surface area contributed by atoms with Crippen molar-refractivity contribution in [3.8, 4) is 11.4 Å². The molecule has 0 saturated carbocycles. The molecule has 0 atom stereocenters. The van der Waals surface area contributed by atoms with Gasteiger partial charge in [0.25, 0.3) is 0 Å². The van der Waals surface area contributed by atoms with Crippen molar-refractivity contribution < 1.29 is 0 Å². The van der Waals surface area contributed by atoms with Crippen molar-refractivity contribution in [2.75, 3.05) is 0 Å². The Morgan fingerprint density at radius 1 is 1.00 bits per heavy atom. The Morgan fingerprint density at radius 2 is 1.67 bits per heavy atom. The van der Waals surface area contributed by atoms with E-state index in [2.05, 4.69) is 41.8 Å². The maximum atomic E-state index is 4.38. The van der Waals surface area contributed by atoms with Gasteiger partial charge >= 0.3 is 0 Å². The molecule has 1 aromatic heterocycles. The first-order valence-corrected chi connectivity index (χ1v) is 6.01. The summed E-state index contributed by atoms with van der Waals surface area (Å²) < 4.78 is 1.87. The molecular formula is C11H8Br2N2. The van der Waals surface area contributed by atoms with E-state index in [1.807, 2.05) is 37.3 Å². The molecule has 0 radical (unpaired) electrons. The Balaban J connectivity index is 2.49. The lowest BCUT2D eigenvalue weighted by Gasteiger charge is -2.02. The molecule has 4 heteroatoms. The lowest BCUT2D eigenvalue weighted by molar-refractivity contribution is 1.09. The highest BCUT2D eigenvalue weighted by Gasteiger charge is 2.03. The van der Waals surface area contributed by atoms with Gasteiger partial charge in [-0.1, -0.05) is 28.1 Å². The molecule has 15 heavy (non-hydrogen) atoms. The van der Waals surface area contributed by atoms with Crippen LogP contribution in [0.4, 0.5) is 0 Å². The van der Waals surface area contributed by atoms with Gasteiger partial charge in [0, 0.05) is 15.7 Å². The molecule has 2 rings (SSSR count). The molecule has 0 unspecified atom stereocenters. The summed E-state index contributed by atoms with van der Waals surface area (Å²) in [6.45, 7) is 1.95. The summed E-state index contributed by atoms with van der Waals surface area (Å²) in [5, 5.41) is 0. The zero-order chi connectivity index (χ0) is 10.8. The fraction of sp³-hybridized carbons (Fsp3) is 0.0909. The highest BCUT2D eigenvalue weighted by molar-refractivity contribution is 9.10. The number of rotatable bonds is 1. The highest BCUT2D eigenvalue weighted by atomic mass is 79.9. The van der Waals surface area contributed by atoms with E-state index < -0.39 is 0 Å². The first kappa shape index (κ1) is 10.8. The topological polar surface area (TPSA) is 25.8 Å². The minimum Gasteiger partial charge on any atom is -0.233 e. The molecule has 0 fully saturated rings. The summed E-state index contributed by atoms with van der Waals surface area (Å²) in [4.78, 5) is 8.70. The maximum Gasteiger partial charge on any atom is 0.160 e. The Kier molecular flexibility index (Phi) is 3.17. The van der Waals surface area contributed by atoms with Gasteiger partial charge in [0.15, 0.2) is 5.82 Å². The number of hydrogen-bond acceptors (Lipinski definition) is 2. The van der Waals surface area contributed by atoms with Gasteiger partial charge in [0.05, 0.1) is 0 Å². The molecule has 0 saturated heterocycles. The monoisotopic (exact) mass is 326 g/mol. The number of benzene rings is 1. The third kappa shape index (κ3) is 2.63. The van der Waals surface area contributed by atoms with E-state index in [0.717, 1.165) is 26.2 Å². The van der Waals surface area contributed by atoms with Crippen molar-refractivity contribution in [1.82, 2.24) is 9.97 Å². The minimum atomic E-state index is 0.745. The molecule has 0 bridgehead atoms. The van der Waals surface area contributed by atoms with Crippen LogP contribution in [0.15, 0.2) is 39.4 Å². The van der Waals surface area contributed by atoms with E-state index in [9.17, 15) is 0 Å². The number of aryl methyl sites for hydroxylation is 1. The Bertz CT molecular complexity index is 460. The lowest BCUT2D eigenvalue weighted by atomic mass is 10.2. The molecule has 2 aromatic rings. The van der Waals surface area contributed by atoms with Gasteiger partial charge < -0.3 is 0 Å². The fourth-order valence-electron chi connectivity index (χ4n) is 1.26. The van der Waals surface area contributed by atoms with Crippen LogP contribution in [0, 0.1) is 6.92 Å². The van der Waals surface area contributed by atoms with Crippen LogP contribution in [0.3, 0.4) is 0 Å². The van der Waals surface area contributed by atoms with E-state index in [-0.39, 0.29) is 0 Å². The first-order valence-electron chi connectivity index (χ1n) is 4.42. The van der Waals surface area contributed by atoms with Crippen LogP contribution in [-0.4, -0.2) is 9.97 Å². The van der Waals surface area contributed by atoms with Crippen LogP contribution in [0.5, 0.6) is 0 Å². The maximum absolute atomic E-state index is 4.38. The van der Waals surface area contributed by atoms with Crippen LogP contribution in [0.2, 0.25) is 0 Å². The summed E-state index contributed by atoms with van der Waals surface area (Å²) in [5.41, 5.74) is 1.97. The summed E-state index contributed by atoms with van der Waals surface area (Å²) in [6, 6.07) is 9.84. The van der Waals surface area contributed by atoms with Crippen molar-refractivity contribution in [1.29, 1.82) is 0 Å². The van der Waals surface area contributed by atoms with E-state index in [0.29, 0.717) is 0 Å². The molecule has 76 valence electrons. The molecule has 1 heterocycles. The zero-order valence-corrected chi connectivity index (χ0v) is 11.2. The molecule has 0 amide bonds. The van der Waals surface area contributed by atoms with Crippen LogP contribution in [-0.2, 0) is 0 Å².